The van der Waals surface area contributed by atoms with Crippen LogP contribution >= 0.6 is 0 Å². The second-order valence-electron chi connectivity index (χ2n) is 9.43. The first-order chi connectivity index (χ1) is 18.5. The summed E-state index contributed by atoms with van der Waals surface area (Å²) < 4.78 is 30.8. The Morgan fingerprint density at radius 3 is 2.53 bits per heavy atom. The van der Waals surface area contributed by atoms with Crippen molar-refractivity contribution < 1.29 is 28.2 Å². The molecular formula is C30H21FN2O5. The normalized spacial score (nSPS) is 18.3. The number of ether oxygens (including phenoxy) is 3. The molecule has 1 unspecified atom stereocenters. The number of halogens is 1. The quantitative estimate of drug-likeness (QED) is 0.418. The molecule has 0 saturated heterocycles. The minimum absolute atomic E-state index is 0.121. The zero-order valence-corrected chi connectivity index (χ0v) is 20.1. The van der Waals surface area contributed by atoms with Crippen molar-refractivity contribution >= 4 is 23.2 Å². The Kier molecular flexibility index (Phi) is 4.91. The van der Waals surface area contributed by atoms with E-state index in [4.69, 9.17) is 14.2 Å². The smallest absolute Gasteiger partial charge is 0.256 e. The van der Waals surface area contributed by atoms with Gasteiger partial charge in [-0.05, 0) is 47.5 Å². The van der Waals surface area contributed by atoms with Gasteiger partial charge >= 0.3 is 0 Å². The molecule has 0 aliphatic carbocycles. The Labute approximate surface area is 217 Å². The van der Waals surface area contributed by atoms with Gasteiger partial charge in [-0.3, -0.25) is 9.59 Å². The number of rotatable bonds is 4. The van der Waals surface area contributed by atoms with Crippen LogP contribution in [0.15, 0.2) is 84.9 Å². The molecule has 0 radical (unpaired) electrons. The topological polar surface area (TPSA) is 77.1 Å². The number of hydrogen-bond acceptors (Lipinski definition) is 5. The summed E-state index contributed by atoms with van der Waals surface area (Å²) in [6.45, 7) is 0.444. The molecule has 0 saturated carbocycles. The molecule has 3 heterocycles. The average molecular weight is 509 g/mol. The molecule has 7 rings (SSSR count). The highest BCUT2D eigenvalue weighted by Gasteiger charge is 2.57. The van der Waals surface area contributed by atoms with Gasteiger partial charge in [0.05, 0.1) is 6.54 Å². The summed E-state index contributed by atoms with van der Waals surface area (Å²) in [5.41, 5.74) is 2.70. The fraction of sp³-hybridized carbons (Fsp3) is 0.133. The number of carbonyl (C=O) groups excluding carboxylic acids is 2. The molecule has 0 fully saturated rings. The van der Waals surface area contributed by atoms with Crippen molar-refractivity contribution in [1.29, 1.82) is 0 Å². The van der Waals surface area contributed by atoms with E-state index in [1.165, 1.54) is 18.2 Å². The molecule has 1 atom stereocenters. The molecule has 3 aliphatic heterocycles. The molecule has 4 aromatic rings. The lowest BCUT2D eigenvalue weighted by Crippen LogP contribution is -2.42. The summed E-state index contributed by atoms with van der Waals surface area (Å²) in [5.74, 6) is 0.794. The van der Waals surface area contributed by atoms with Crippen molar-refractivity contribution in [3.05, 3.63) is 113 Å². The highest BCUT2D eigenvalue weighted by atomic mass is 19.1. The molecule has 7 nitrogen and oxygen atoms in total. The number of amides is 2. The largest absolute Gasteiger partial charge is 0.491 e. The van der Waals surface area contributed by atoms with Crippen molar-refractivity contribution in [1.82, 2.24) is 0 Å². The van der Waals surface area contributed by atoms with E-state index in [0.29, 0.717) is 34.1 Å². The van der Waals surface area contributed by atoms with E-state index < -0.39 is 11.2 Å². The van der Waals surface area contributed by atoms with Crippen LogP contribution in [-0.2, 0) is 16.8 Å². The fourth-order valence-electron chi connectivity index (χ4n) is 5.54. The number of nitrogens with zero attached hydrogens (tertiary/aromatic N) is 1. The van der Waals surface area contributed by atoms with Crippen molar-refractivity contribution in [2.45, 2.75) is 12.0 Å². The lowest BCUT2D eigenvalue weighted by molar-refractivity contribution is -0.122. The van der Waals surface area contributed by atoms with Gasteiger partial charge in [-0.15, -0.1) is 0 Å². The fourth-order valence-corrected chi connectivity index (χ4v) is 5.54. The zero-order chi connectivity index (χ0) is 25.9. The van der Waals surface area contributed by atoms with Crippen LogP contribution in [0.4, 0.5) is 15.8 Å². The predicted octanol–water partition coefficient (Wildman–Crippen LogP) is 5.03. The van der Waals surface area contributed by atoms with Gasteiger partial charge < -0.3 is 24.4 Å². The van der Waals surface area contributed by atoms with Crippen LogP contribution in [0.25, 0.3) is 0 Å². The van der Waals surface area contributed by atoms with Crippen LogP contribution in [0.3, 0.4) is 0 Å². The van der Waals surface area contributed by atoms with Crippen molar-refractivity contribution in [3.63, 3.8) is 0 Å². The van der Waals surface area contributed by atoms with Gasteiger partial charge in [0.25, 0.3) is 5.91 Å². The average Bonchev–Trinajstić information content (AvgIpc) is 3.60. The SMILES string of the molecule is O=C(Nc1cccc(F)c1)c1ccccc1CN1C(=O)C2(COc3cc4c(cc32)OCO4)c2ccccc21. The molecule has 1 spiro atoms. The van der Waals surface area contributed by atoms with E-state index in [0.717, 1.165) is 16.8 Å². The first-order valence-corrected chi connectivity index (χ1v) is 12.2. The Morgan fingerprint density at radius 2 is 1.66 bits per heavy atom. The number of anilines is 2. The summed E-state index contributed by atoms with van der Waals surface area (Å²) in [7, 11) is 0. The van der Waals surface area contributed by atoms with E-state index in [9.17, 15) is 14.0 Å². The molecule has 0 aromatic heterocycles. The molecular weight excluding hydrogens is 487 g/mol. The first-order valence-electron chi connectivity index (χ1n) is 12.2. The standard InChI is InChI=1S/C30H21FN2O5/c31-19-7-5-8-20(12-19)32-28(34)21-9-2-1-6-18(21)15-33-24-11-4-3-10-22(24)30(29(33)35)16-36-25-14-27-26(13-23(25)30)37-17-38-27/h1-14H,15-17H2,(H,32,34). The molecule has 188 valence electrons. The number of benzene rings is 4. The number of nitrogens with one attached hydrogen (secondary N) is 1. The Balaban J connectivity index is 1.26. The van der Waals surface area contributed by atoms with Crippen molar-refractivity contribution in [2.75, 3.05) is 23.6 Å². The van der Waals surface area contributed by atoms with Gasteiger partial charge in [0.2, 0.25) is 12.7 Å². The summed E-state index contributed by atoms with van der Waals surface area (Å²) in [6, 6.07) is 24.1. The van der Waals surface area contributed by atoms with Gasteiger partial charge in [-0.25, -0.2) is 4.39 Å². The predicted molar refractivity (Wildman–Crippen MR) is 137 cm³/mol. The third-order valence-electron chi connectivity index (χ3n) is 7.32. The molecule has 8 heteroatoms. The highest BCUT2D eigenvalue weighted by Crippen LogP contribution is 2.55. The lowest BCUT2D eigenvalue weighted by atomic mass is 9.77. The Morgan fingerprint density at radius 1 is 0.868 bits per heavy atom. The maximum Gasteiger partial charge on any atom is 0.256 e. The number of fused-ring (bicyclic) bond motifs is 5. The van der Waals surface area contributed by atoms with Gasteiger partial charge in [0, 0.05) is 28.6 Å². The van der Waals surface area contributed by atoms with Crippen LogP contribution in [0, 0.1) is 5.82 Å². The summed E-state index contributed by atoms with van der Waals surface area (Å²) >= 11 is 0. The Hall–Kier alpha value is -4.85. The van der Waals surface area contributed by atoms with Crippen molar-refractivity contribution in [3.8, 4) is 17.2 Å². The summed E-state index contributed by atoms with van der Waals surface area (Å²) in [5, 5.41) is 2.75. The molecule has 1 N–H and O–H groups in total. The van der Waals surface area contributed by atoms with Gasteiger partial charge in [0.15, 0.2) is 11.5 Å². The van der Waals surface area contributed by atoms with E-state index in [1.54, 1.807) is 29.2 Å². The first kappa shape index (κ1) is 22.4. The van der Waals surface area contributed by atoms with Gasteiger partial charge in [-0.2, -0.15) is 0 Å². The summed E-state index contributed by atoms with van der Waals surface area (Å²) in [6.07, 6.45) is 0. The molecule has 2 amide bonds. The zero-order valence-electron chi connectivity index (χ0n) is 20.1. The minimum Gasteiger partial charge on any atom is -0.491 e. The Bertz CT molecular complexity index is 1640. The van der Waals surface area contributed by atoms with E-state index in [-0.39, 0.29) is 31.8 Å². The second kappa shape index (κ2) is 8.34. The second-order valence-corrected chi connectivity index (χ2v) is 9.43. The van der Waals surface area contributed by atoms with Crippen LogP contribution in [-0.4, -0.2) is 25.2 Å². The number of para-hydroxylation sites is 1. The molecule has 4 aromatic carbocycles. The van der Waals surface area contributed by atoms with E-state index in [1.807, 2.05) is 42.5 Å². The van der Waals surface area contributed by atoms with E-state index >= 15 is 0 Å². The van der Waals surface area contributed by atoms with E-state index in [2.05, 4.69) is 5.32 Å². The molecule has 3 aliphatic rings. The van der Waals surface area contributed by atoms with Crippen LogP contribution in [0.5, 0.6) is 17.2 Å². The lowest BCUT2D eigenvalue weighted by Gasteiger charge is -2.24. The maximum absolute atomic E-state index is 14.3. The number of hydrogen-bond donors (Lipinski definition) is 1. The minimum atomic E-state index is -1.04. The van der Waals surface area contributed by atoms with Crippen molar-refractivity contribution in [2.24, 2.45) is 0 Å². The highest BCUT2D eigenvalue weighted by molar-refractivity contribution is 6.12. The van der Waals surface area contributed by atoms with Crippen LogP contribution in [0.2, 0.25) is 0 Å². The third-order valence-corrected chi connectivity index (χ3v) is 7.32. The molecule has 0 bridgehead atoms. The van der Waals surface area contributed by atoms with Gasteiger partial charge in [0.1, 0.15) is 23.6 Å². The van der Waals surface area contributed by atoms with Gasteiger partial charge in [-0.1, -0.05) is 42.5 Å². The van der Waals surface area contributed by atoms with Crippen LogP contribution < -0.4 is 24.4 Å². The number of carbonyl (C=O) groups is 2. The monoisotopic (exact) mass is 508 g/mol. The van der Waals surface area contributed by atoms with Crippen LogP contribution in [0.1, 0.15) is 27.0 Å². The summed E-state index contributed by atoms with van der Waals surface area (Å²) in [4.78, 5) is 29.2. The maximum atomic E-state index is 14.3. The third kappa shape index (κ3) is 3.26. The molecule has 38 heavy (non-hydrogen) atoms.